The number of carbonyl (C=O) groups excluding carboxylic acids is 4. The number of amides is 4. The number of carbonyl (C=O) groups is 6. The number of nitrogens with two attached hydrogens (primary N) is 2. The van der Waals surface area contributed by atoms with Crippen LogP contribution in [0, 0.1) is 5.92 Å². The molecule has 5 atom stereocenters. The van der Waals surface area contributed by atoms with Crippen LogP contribution in [0.5, 0.6) is 0 Å². The molecule has 4 amide bonds. The first kappa shape index (κ1) is 31.0. The summed E-state index contributed by atoms with van der Waals surface area (Å²) in [6.45, 7) is 3.37. The van der Waals surface area contributed by atoms with Gasteiger partial charge in [-0.05, 0) is 18.8 Å². The Bertz CT molecular complexity index is 953. The van der Waals surface area contributed by atoms with Crippen molar-refractivity contribution in [2.75, 3.05) is 0 Å². The summed E-state index contributed by atoms with van der Waals surface area (Å²) in [7, 11) is 0. The molecule has 10 N–H and O–H groups in total. The molecule has 1 aromatic heterocycles. The molecule has 0 aliphatic heterocycles. The van der Waals surface area contributed by atoms with Crippen LogP contribution in [0.15, 0.2) is 12.5 Å². The largest absolute Gasteiger partial charge is 0.481 e. The van der Waals surface area contributed by atoms with Gasteiger partial charge in [0.2, 0.25) is 23.6 Å². The number of aliphatic carboxylic acids is 2. The molecule has 0 aliphatic carbocycles. The van der Waals surface area contributed by atoms with Gasteiger partial charge in [0.1, 0.15) is 18.1 Å². The molecule has 1 rings (SSSR count). The van der Waals surface area contributed by atoms with E-state index < -0.39 is 72.1 Å². The van der Waals surface area contributed by atoms with Crippen molar-refractivity contribution in [3.8, 4) is 0 Å². The second kappa shape index (κ2) is 15.2. The lowest BCUT2D eigenvalue weighted by atomic mass is 9.98. The molecule has 0 saturated heterocycles. The van der Waals surface area contributed by atoms with E-state index in [1.807, 2.05) is 0 Å². The molecule has 0 bridgehead atoms. The highest BCUT2D eigenvalue weighted by Crippen LogP contribution is 2.10. The third-order valence-corrected chi connectivity index (χ3v) is 5.70. The van der Waals surface area contributed by atoms with Gasteiger partial charge in [-0.2, -0.15) is 0 Å². The molecule has 0 radical (unpaired) electrons. The fraction of sp³-hybridized carbons (Fsp3) is 0.591. The van der Waals surface area contributed by atoms with E-state index in [2.05, 4.69) is 25.9 Å². The van der Waals surface area contributed by atoms with Crippen LogP contribution < -0.4 is 27.4 Å². The Labute approximate surface area is 213 Å². The van der Waals surface area contributed by atoms with E-state index in [0.29, 0.717) is 12.1 Å². The average molecular weight is 526 g/mol. The summed E-state index contributed by atoms with van der Waals surface area (Å²) in [6, 6.07) is -5.12. The molecule has 15 heteroatoms. The Morgan fingerprint density at radius 1 is 0.973 bits per heavy atom. The lowest BCUT2D eigenvalue weighted by Crippen LogP contribution is -2.58. The Balaban J connectivity index is 3.03. The number of nitrogens with zero attached hydrogens (tertiary/aromatic N) is 1. The number of rotatable bonds is 17. The third-order valence-electron chi connectivity index (χ3n) is 5.70. The number of hydrogen-bond acceptors (Lipinski definition) is 8. The molecule has 15 nitrogen and oxygen atoms in total. The Morgan fingerprint density at radius 2 is 1.54 bits per heavy atom. The molecular weight excluding hydrogens is 490 g/mol. The lowest BCUT2D eigenvalue weighted by Gasteiger charge is -2.26. The number of aromatic amines is 1. The summed E-state index contributed by atoms with van der Waals surface area (Å²) < 4.78 is 0. The Hall–Kier alpha value is -4.01. The van der Waals surface area contributed by atoms with Crippen LogP contribution in [0.25, 0.3) is 0 Å². The summed E-state index contributed by atoms with van der Waals surface area (Å²) in [4.78, 5) is 79.1. The van der Waals surface area contributed by atoms with Crippen LogP contribution >= 0.6 is 0 Å². The predicted octanol–water partition coefficient (Wildman–Crippen LogP) is -2.01. The number of hydrogen-bond donors (Lipinski definition) is 8. The van der Waals surface area contributed by atoms with Crippen molar-refractivity contribution >= 4 is 35.6 Å². The van der Waals surface area contributed by atoms with E-state index in [1.54, 1.807) is 13.8 Å². The molecular formula is C22H35N7O8. The maximum Gasteiger partial charge on any atom is 0.326 e. The molecule has 1 heterocycles. The SMILES string of the molecule is CCC(C)C(NC(=O)C(CCC(N)=O)NC(=O)C(CCC(=O)O)NC(=O)C(N)Cc1cnc[nH]1)C(=O)O. The van der Waals surface area contributed by atoms with E-state index in [0.717, 1.165) is 0 Å². The Morgan fingerprint density at radius 3 is 2.03 bits per heavy atom. The van der Waals surface area contributed by atoms with Crippen molar-refractivity contribution in [3.05, 3.63) is 18.2 Å². The number of H-pyrrole nitrogens is 1. The van der Waals surface area contributed by atoms with Crippen molar-refractivity contribution in [2.45, 2.75) is 76.5 Å². The summed E-state index contributed by atoms with van der Waals surface area (Å²) in [5, 5.41) is 25.6. The Kier molecular flexibility index (Phi) is 12.7. The normalized spacial score (nSPS) is 14.9. The first-order valence-corrected chi connectivity index (χ1v) is 11.7. The number of nitrogens with one attached hydrogen (secondary N) is 4. The van der Waals surface area contributed by atoms with Crippen LogP contribution in [0.3, 0.4) is 0 Å². The first-order chi connectivity index (χ1) is 17.3. The fourth-order valence-corrected chi connectivity index (χ4v) is 3.31. The van der Waals surface area contributed by atoms with Crippen LogP contribution in [-0.2, 0) is 35.2 Å². The minimum atomic E-state index is -1.38. The van der Waals surface area contributed by atoms with Gasteiger partial charge in [-0.15, -0.1) is 0 Å². The molecule has 1 aromatic rings. The van der Waals surface area contributed by atoms with Crippen LogP contribution in [0.2, 0.25) is 0 Å². The average Bonchev–Trinajstić information content (AvgIpc) is 3.34. The quantitative estimate of drug-likeness (QED) is 0.111. The standard InChI is InChI=1S/C22H35N7O8/c1-3-11(2)18(22(36)37)29-21(35)14(4-6-16(24)30)28-20(34)15(5-7-17(31)32)27-19(33)13(23)8-12-9-25-10-26-12/h9-11,13-15,18H,3-8,23H2,1-2H3,(H2,24,30)(H,25,26)(H,27,33)(H,28,34)(H,29,35)(H,31,32)(H,36,37). The number of imidazole rings is 1. The van der Waals surface area contributed by atoms with Gasteiger partial charge in [0.05, 0.1) is 12.4 Å². The van der Waals surface area contributed by atoms with Crippen molar-refractivity contribution in [1.82, 2.24) is 25.9 Å². The van der Waals surface area contributed by atoms with Gasteiger partial charge in [0.25, 0.3) is 0 Å². The van der Waals surface area contributed by atoms with Crippen molar-refractivity contribution in [2.24, 2.45) is 17.4 Å². The molecule has 206 valence electrons. The molecule has 0 aromatic carbocycles. The van der Waals surface area contributed by atoms with Gasteiger partial charge >= 0.3 is 11.9 Å². The highest BCUT2D eigenvalue weighted by atomic mass is 16.4. The van der Waals surface area contributed by atoms with Gasteiger partial charge in [0.15, 0.2) is 0 Å². The lowest BCUT2D eigenvalue weighted by molar-refractivity contribution is -0.144. The minimum Gasteiger partial charge on any atom is -0.481 e. The second-order valence-electron chi connectivity index (χ2n) is 8.66. The minimum absolute atomic E-state index is 0.0644. The van der Waals surface area contributed by atoms with Gasteiger partial charge in [-0.3, -0.25) is 24.0 Å². The summed E-state index contributed by atoms with van der Waals surface area (Å²) >= 11 is 0. The van der Waals surface area contributed by atoms with Crippen molar-refractivity contribution in [3.63, 3.8) is 0 Å². The highest BCUT2D eigenvalue weighted by Gasteiger charge is 2.32. The molecule has 0 saturated carbocycles. The predicted molar refractivity (Wildman–Crippen MR) is 128 cm³/mol. The van der Waals surface area contributed by atoms with E-state index in [-0.39, 0.29) is 25.7 Å². The molecule has 0 spiro atoms. The maximum atomic E-state index is 13.0. The van der Waals surface area contributed by atoms with Crippen LogP contribution in [-0.4, -0.2) is 79.9 Å². The highest BCUT2D eigenvalue weighted by molar-refractivity contribution is 5.94. The number of primary amides is 1. The number of aromatic nitrogens is 2. The van der Waals surface area contributed by atoms with Gasteiger partial charge in [0, 0.05) is 31.2 Å². The number of carboxylic acids is 2. The van der Waals surface area contributed by atoms with Gasteiger partial charge in [-0.1, -0.05) is 20.3 Å². The zero-order chi connectivity index (χ0) is 28.1. The van der Waals surface area contributed by atoms with Crippen LogP contribution in [0.1, 0.15) is 51.6 Å². The first-order valence-electron chi connectivity index (χ1n) is 11.7. The molecule has 37 heavy (non-hydrogen) atoms. The number of carboxylic acid groups (broad SMARTS) is 2. The topological polar surface area (TPSA) is 260 Å². The van der Waals surface area contributed by atoms with E-state index in [4.69, 9.17) is 16.6 Å². The molecule has 5 unspecified atom stereocenters. The smallest absolute Gasteiger partial charge is 0.326 e. The maximum absolute atomic E-state index is 13.0. The zero-order valence-corrected chi connectivity index (χ0v) is 20.7. The van der Waals surface area contributed by atoms with Crippen LogP contribution in [0.4, 0.5) is 0 Å². The summed E-state index contributed by atoms with van der Waals surface area (Å²) in [5.74, 6) is -6.24. The second-order valence-corrected chi connectivity index (χ2v) is 8.66. The zero-order valence-electron chi connectivity index (χ0n) is 20.7. The van der Waals surface area contributed by atoms with E-state index in [9.17, 15) is 33.9 Å². The van der Waals surface area contributed by atoms with Gasteiger partial charge < -0.3 is 42.6 Å². The van der Waals surface area contributed by atoms with Crippen molar-refractivity contribution in [1.29, 1.82) is 0 Å². The molecule has 0 fully saturated rings. The van der Waals surface area contributed by atoms with E-state index >= 15 is 0 Å². The third kappa shape index (κ3) is 11.1. The monoisotopic (exact) mass is 525 g/mol. The van der Waals surface area contributed by atoms with Crippen molar-refractivity contribution < 1.29 is 39.0 Å². The van der Waals surface area contributed by atoms with Gasteiger partial charge in [-0.25, -0.2) is 9.78 Å². The summed E-state index contributed by atoms with van der Waals surface area (Å²) in [6.07, 6.45) is 2.01. The molecule has 0 aliphatic rings. The fourth-order valence-electron chi connectivity index (χ4n) is 3.31. The summed E-state index contributed by atoms with van der Waals surface area (Å²) in [5.41, 5.74) is 11.6. The van der Waals surface area contributed by atoms with E-state index in [1.165, 1.54) is 12.5 Å².